The molecule has 0 atom stereocenters. The van der Waals surface area contributed by atoms with Gasteiger partial charge in [-0.3, -0.25) is 10.2 Å². The second-order valence-corrected chi connectivity index (χ2v) is 6.99. The van der Waals surface area contributed by atoms with Gasteiger partial charge in [0.2, 0.25) is 5.13 Å². The quantitative estimate of drug-likeness (QED) is 0.409. The summed E-state index contributed by atoms with van der Waals surface area (Å²) < 4.78 is 5.24. The first kappa shape index (κ1) is 16.3. The third-order valence-electron chi connectivity index (χ3n) is 3.45. The fraction of sp³-hybridized carbons (Fsp3) is 0. The van der Waals surface area contributed by atoms with Crippen LogP contribution in [0.15, 0.2) is 59.7 Å². The lowest BCUT2D eigenvalue weighted by Crippen LogP contribution is -2.25. The van der Waals surface area contributed by atoms with Gasteiger partial charge in [0, 0.05) is 17.1 Å². The number of carbonyl (C=O) groups excluding carboxylic acids is 1. The number of nitrogens with one attached hydrogen (secondary N) is 1. The van der Waals surface area contributed by atoms with E-state index in [2.05, 4.69) is 24.9 Å². The molecule has 9 heteroatoms. The number of para-hydroxylation sites is 1. The molecular formula is C17H12N6OS2. The van der Waals surface area contributed by atoms with Crippen molar-refractivity contribution in [1.29, 1.82) is 0 Å². The number of fused-ring (bicyclic) bond motifs is 1. The normalized spacial score (nSPS) is 11.6. The van der Waals surface area contributed by atoms with E-state index in [1.165, 1.54) is 11.3 Å². The van der Waals surface area contributed by atoms with Crippen LogP contribution in [0.2, 0.25) is 0 Å². The van der Waals surface area contributed by atoms with Gasteiger partial charge in [-0.1, -0.05) is 42.5 Å². The van der Waals surface area contributed by atoms with E-state index in [1.54, 1.807) is 0 Å². The number of hydrazone groups is 1. The van der Waals surface area contributed by atoms with Crippen molar-refractivity contribution in [3.05, 3.63) is 59.6 Å². The van der Waals surface area contributed by atoms with Crippen molar-refractivity contribution in [2.45, 2.75) is 0 Å². The highest BCUT2D eigenvalue weighted by Crippen LogP contribution is 2.23. The van der Waals surface area contributed by atoms with E-state index in [-0.39, 0.29) is 5.71 Å². The summed E-state index contributed by atoms with van der Waals surface area (Å²) in [6.07, 6.45) is 0. The van der Waals surface area contributed by atoms with E-state index in [0.717, 1.165) is 27.3 Å². The number of hydrogen-bond donors (Lipinski definition) is 2. The van der Waals surface area contributed by atoms with E-state index in [1.807, 2.05) is 54.6 Å². The van der Waals surface area contributed by atoms with Crippen LogP contribution >= 0.6 is 22.9 Å². The molecule has 0 bridgehead atoms. The molecule has 0 saturated carbocycles. The van der Waals surface area contributed by atoms with Crippen LogP contribution in [0.4, 0.5) is 5.13 Å². The third-order valence-corrected chi connectivity index (χ3v) is 5.11. The highest BCUT2D eigenvalue weighted by Gasteiger charge is 2.16. The van der Waals surface area contributed by atoms with Gasteiger partial charge < -0.3 is 5.73 Å². The highest BCUT2D eigenvalue weighted by molar-refractivity contribution is 7.21. The van der Waals surface area contributed by atoms with Crippen molar-refractivity contribution in [2.75, 3.05) is 5.43 Å². The molecule has 2 aromatic carbocycles. The fourth-order valence-corrected chi connectivity index (χ4v) is 3.75. The zero-order valence-corrected chi connectivity index (χ0v) is 14.9. The van der Waals surface area contributed by atoms with E-state index in [0.29, 0.717) is 16.0 Å². The minimum Gasteiger partial charge on any atom is -0.364 e. The molecule has 0 saturated heterocycles. The van der Waals surface area contributed by atoms with Crippen LogP contribution in [0.25, 0.3) is 21.6 Å². The van der Waals surface area contributed by atoms with Gasteiger partial charge in [0.25, 0.3) is 5.91 Å². The minimum atomic E-state index is -0.663. The summed E-state index contributed by atoms with van der Waals surface area (Å²) in [7, 11) is 0. The summed E-state index contributed by atoms with van der Waals surface area (Å²) >= 11 is 2.51. The van der Waals surface area contributed by atoms with E-state index in [4.69, 9.17) is 5.73 Å². The largest absolute Gasteiger partial charge is 0.364 e. The van der Waals surface area contributed by atoms with Crippen molar-refractivity contribution >= 4 is 49.8 Å². The smallest absolute Gasteiger partial charge is 0.272 e. The lowest BCUT2D eigenvalue weighted by atomic mass is 10.2. The third kappa shape index (κ3) is 3.30. The average Bonchev–Trinajstić information content (AvgIpc) is 3.29. The average molecular weight is 380 g/mol. The maximum Gasteiger partial charge on any atom is 0.272 e. The summed E-state index contributed by atoms with van der Waals surface area (Å²) in [5, 5.41) is 5.03. The van der Waals surface area contributed by atoms with Gasteiger partial charge in [-0.05, 0) is 12.1 Å². The number of nitrogens with two attached hydrogens (primary N) is 1. The standard InChI is InChI=1S/C17H12N6OS2/c18-14(24)13(16-19-11-8-4-5-9-12(11)25-16)21-22-17-20-15(23-26-17)10-6-2-1-3-7-10/h1-9H,(H2,18,24)(H,20,22,23)/b21-13+. The van der Waals surface area contributed by atoms with Crippen LogP contribution in [-0.4, -0.2) is 26.0 Å². The number of benzene rings is 2. The zero-order chi connectivity index (χ0) is 17.9. The maximum atomic E-state index is 11.8. The van der Waals surface area contributed by atoms with Crippen molar-refractivity contribution in [1.82, 2.24) is 14.3 Å². The first-order chi connectivity index (χ1) is 12.7. The molecule has 128 valence electrons. The van der Waals surface area contributed by atoms with Crippen molar-refractivity contribution in [3.63, 3.8) is 0 Å². The van der Waals surface area contributed by atoms with Gasteiger partial charge >= 0.3 is 0 Å². The first-order valence-electron chi connectivity index (χ1n) is 7.59. The Labute approximate surface area is 156 Å². The Balaban J connectivity index is 1.61. The molecule has 1 amide bonds. The molecule has 26 heavy (non-hydrogen) atoms. The molecule has 2 aromatic heterocycles. The number of hydrogen-bond acceptors (Lipinski definition) is 8. The van der Waals surface area contributed by atoms with Crippen molar-refractivity contribution in [3.8, 4) is 11.4 Å². The molecular weight excluding hydrogens is 368 g/mol. The predicted molar refractivity (Wildman–Crippen MR) is 104 cm³/mol. The molecule has 0 spiro atoms. The Hall–Kier alpha value is -3.17. The van der Waals surface area contributed by atoms with Crippen LogP contribution in [0.5, 0.6) is 0 Å². The summed E-state index contributed by atoms with van der Waals surface area (Å²) in [5.41, 5.74) is 9.99. The molecule has 0 aliphatic heterocycles. The number of amides is 1. The fourth-order valence-electron chi connectivity index (χ4n) is 2.26. The Kier molecular flexibility index (Phi) is 4.38. The van der Waals surface area contributed by atoms with Crippen molar-refractivity contribution in [2.24, 2.45) is 10.8 Å². The molecule has 3 N–H and O–H groups in total. The Morgan fingerprint density at radius 2 is 1.81 bits per heavy atom. The molecule has 0 radical (unpaired) electrons. The molecule has 7 nitrogen and oxygen atoms in total. The van der Waals surface area contributed by atoms with Crippen molar-refractivity contribution < 1.29 is 4.79 Å². The number of primary amides is 1. The van der Waals surface area contributed by atoms with Gasteiger partial charge in [0.15, 0.2) is 16.5 Å². The Morgan fingerprint density at radius 1 is 1.04 bits per heavy atom. The summed E-state index contributed by atoms with van der Waals surface area (Å²) in [4.78, 5) is 20.6. The van der Waals surface area contributed by atoms with Gasteiger partial charge in [0.05, 0.1) is 10.2 Å². The van der Waals surface area contributed by atoms with E-state index in [9.17, 15) is 4.79 Å². The number of carbonyl (C=O) groups is 1. The van der Waals surface area contributed by atoms with Crippen LogP contribution in [-0.2, 0) is 4.79 Å². The topological polar surface area (TPSA) is 106 Å². The SMILES string of the molecule is NC(=O)/C(=N\Nc1nc(-c2ccccc2)ns1)c1nc2ccccc2s1. The van der Waals surface area contributed by atoms with Crippen LogP contribution in [0.1, 0.15) is 5.01 Å². The molecule has 4 aromatic rings. The van der Waals surface area contributed by atoms with E-state index >= 15 is 0 Å². The number of anilines is 1. The highest BCUT2D eigenvalue weighted by atomic mass is 32.1. The summed E-state index contributed by atoms with van der Waals surface area (Å²) in [5.74, 6) is -0.0710. The second-order valence-electron chi connectivity index (χ2n) is 5.21. The Bertz CT molecular complexity index is 1070. The number of rotatable bonds is 5. The number of thiazole rings is 1. The summed E-state index contributed by atoms with van der Waals surface area (Å²) in [6.45, 7) is 0. The lowest BCUT2D eigenvalue weighted by Gasteiger charge is -1.98. The van der Waals surface area contributed by atoms with Crippen LogP contribution in [0, 0.1) is 0 Å². The monoisotopic (exact) mass is 380 g/mol. The van der Waals surface area contributed by atoms with Gasteiger partial charge in [0.1, 0.15) is 0 Å². The molecule has 0 aliphatic carbocycles. The molecule has 2 heterocycles. The number of aromatic nitrogens is 3. The first-order valence-corrected chi connectivity index (χ1v) is 9.18. The second kappa shape index (κ2) is 6.98. The van der Waals surface area contributed by atoms with Crippen LogP contribution in [0.3, 0.4) is 0 Å². The molecule has 0 fully saturated rings. The van der Waals surface area contributed by atoms with Crippen LogP contribution < -0.4 is 11.2 Å². The zero-order valence-electron chi connectivity index (χ0n) is 13.3. The number of nitrogens with zero attached hydrogens (tertiary/aromatic N) is 4. The predicted octanol–water partition coefficient (Wildman–Crippen LogP) is 3.12. The van der Waals surface area contributed by atoms with Gasteiger partial charge in [-0.25, -0.2) is 4.98 Å². The minimum absolute atomic E-state index is 0.0580. The lowest BCUT2D eigenvalue weighted by molar-refractivity contribution is -0.111. The summed E-state index contributed by atoms with van der Waals surface area (Å²) in [6, 6.07) is 17.2. The van der Waals surface area contributed by atoms with Gasteiger partial charge in [-0.15, -0.1) is 11.3 Å². The van der Waals surface area contributed by atoms with E-state index < -0.39 is 5.91 Å². The Morgan fingerprint density at radius 3 is 2.58 bits per heavy atom. The maximum absolute atomic E-state index is 11.8. The molecule has 0 unspecified atom stereocenters. The molecule has 4 rings (SSSR count). The molecule has 0 aliphatic rings. The van der Waals surface area contributed by atoms with Gasteiger partial charge in [-0.2, -0.15) is 14.5 Å².